The van der Waals surface area contributed by atoms with Crippen LogP contribution in [0.2, 0.25) is 0 Å². The van der Waals surface area contributed by atoms with E-state index >= 15 is 0 Å². The maximum Gasteiger partial charge on any atom is 0.109 e. The number of likely N-dealkylation sites (tertiary alicyclic amines) is 2. The normalized spacial score (nSPS) is 24.3. The van der Waals surface area contributed by atoms with Crippen molar-refractivity contribution in [1.29, 1.82) is 0 Å². The van der Waals surface area contributed by atoms with Gasteiger partial charge in [-0.05, 0) is 45.7 Å². The molecule has 1 atom stereocenters. The standard InChI is InChI=1S/C16H28N4S/c1-13(17)16-18-14(12-21-16)11-19-9-5-15(6-10-19)20-7-3-2-4-8-20/h12-13,15H,2-11,17H2,1H3. The van der Waals surface area contributed by atoms with Gasteiger partial charge in [0.15, 0.2) is 0 Å². The van der Waals surface area contributed by atoms with Crippen molar-refractivity contribution in [2.75, 3.05) is 26.2 Å². The Morgan fingerprint density at radius 1 is 1.24 bits per heavy atom. The van der Waals surface area contributed by atoms with Gasteiger partial charge in [0.2, 0.25) is 0 Å². The van der Waals surface area contributed by atoms with Crippen LogP contribution in [0.15, 0.2) is 5.38 Å². The lowest BCUT2D eigenvalue weighted by Crippen LogP contribution is -2.46. The highest BCUT2D eigenvalue weighted by Gasteiger charge is 2.25. The summed E-state index contributed by atoms with van der Waals surface area (Å²) in [7, 11) is 0. The molecule has 1 unspecified atom stereocenters. The van der Waals surface area contributed by atoms with E-state index in [4.69, 9.17) is 5.73 Å². The molecule has 4 nitrogen and oxygen atoms in total. The van der Waals surface area contributed by atoms with E-state index in [9.17, 15) is 0 Å². The average molecular weight is 308 g/mol. The summed E-state index contributed by atoms with van der Waals surface area (Å²) >= 11 is 1.70. The van der Waals surface area contributed by atoms with Gasteiger partial charge in [0.05, 0.1) is 11.7 Å². The molecule has 0 amide bonds. The molecule has 0 bridgehead atoms. The molecule has 1 aromatic rings. The van der Waals surface area contributed by atoms with Crippen LogP contribution in [0.1, 0.15) is 55.8 Å². The minimum Gasteiger partial charge on any atom is -0.322 e. The predicted molar refractivity (Wildman–Crippen MR) is 88.4 cm³/mol. The molecule has 0 spiro atoms. The van der Waals surface area contributed by atoms with Crippen LogP contribution in [0.25, 0.3) is 0 Å². The summed E-state index contributed by atoms with van der Waals surface area (Å²) in [6, 6.07) is 0.894. The monoisotopic (exact) mass is 308 g/mol. The summed E-state index contributed by atoms with van der Waals surface area (Å²) in [6.07, 6.45) is 6.88. The van der Waals surface area contributed by atoms with Gasteiger partial charge in [-0.15, -0.1) is 11.3 Å². The fourth-order valence-corrected chi connectivity index (χ4v) is 4.33. The van der Waals surface area contributed by atoms with Gasteiger partial charge in [0.25, 0.3) is 0 Å². The quantitative estimate of drug-likeness (QED) is 0.929. The fraction of sp³-hybridized carbons (Fsp3) is 0.812. The number of hydrogen-bond donors (Lipinski definition) is 1. The lowest BCUT2D eigenvalue weighted by atomic mass is 10.00. The molecule has 0 aromatic carbocycles. The molecule has 0 saturated carbocycles. The number of piperidine rings is 2. The van der Waals surface area contributed by atoms with Crippen molar-refractivity contribution < 1.29 is 0 Å². The Morgan fingerprint density at radius 2 is 1.95 bits per heavy atom. The summed E-state index contributed by atoms with van der Waals surface area (Å²) in [5, 5.41) is 3.24. The maximum absolute atomic E-state index is 5.89. The number of thiazole rings is 1. The fourth-order valence-electron chi connectivity index (χ4n) is 3.56. The van der Waals surface area contributed by atoms with Crippen LogP contribution in [0.3, 0.4) is 0 Å². The molecule has 2 aliphatic heterocycles. The summed E-state index contributed by atoms with van der Waals surface area (Å²) in [4.78, 5) is 9.94. The van der Waals surface area contributed by atoms with Crippen LogP contribution in [0.4, 0.5) is 0 Å². The second kappa shape index (κ2) is 7.18. The third-order valence-corrected chi connectivity index (χ3v) is 5.90. The van der Waals surface area contributed by atoms with E-state index in [1.165, 1.54) is 64.0 Å². The van der Waals surface area contributed by atoms with Crippen molar-refractivity contribution in [3.8, 4) is 0 Å². The van der Waals surface area contributed by atoms with Crippen LogP contribution in [0, 0.1) is 0 Å². The second-order valence-electron chi connectivity index (χ2n) is 6.57. The van der Waals surface area contributed by atoms with Crippen LogP contribution in [-0.2, 0) is 6.54 Å². The molecule has 118 valence electrons. The minimum absolute atomic E-state index is 0.0635. The van der Waals surface area contributed by atoms with Gasteiger partial charge in [-0.1, -0.05) is 6.42 Å². The largest absolute Gasteiger partial charge is 0.322 e. The molecule has 2 fully saturated rings. The maximum atomic E-state index is 5.89. The van der Waals surface area contributed by atoms with Gasteiger partial charge in [-0.3, -0.25) is 4.90 Å². The minimum atomic E-state index is 0.0635. The molecule has 1 aromatic heterocycles. The number of nitrogens with two attached hydrogens (primary N) is 1. The van der Waals surface area contributed by atoms with Crippen LogP contribution >= 0.6 is 11.3 Å². The van der Waals surface area contributed by atoms with E-state index < -0.39 is 0 Å². The van der Waals surface area contributed by atoms with Crippen LogP contribution in [0.5, 0.6) is 0 Å². The smallest absolute Gasteiger partial charge is 0.109 e. The highest BCUT2D eigenvalue weighted by molar-refractivity contribution is 7.09. The zero-order valence-corrected chi connectivity index (χ0v) is 13.9. The summed E-state index contributed by atoms with van der Waals surface area (Å²) in [5.41, 5.74) is 7.09. The first-order valence-electron chi connectivity index (χ1n) is 8.38. The van der Waals surface area contributed by atoms with Crippen molar-refractivity contribution in [1.82, 2.24) is 14.8 Å². The Morgan fingerprint density at radius 3 is 2.57 bits per heavy atom. The molecule has 3 rings (SSSR count). The van der Waals surface area contributed by atoms with Gasteiger partial charge < -0.3 is 10.6 Å². The van der Waals surface area contributed by atoms with Crippen molar-refractivity contribution >= 4 is 11.3 Å². The first-order chi connectivity index (χ1) is 10.2. The van der Waals surface area contributed by atoms with Crippen LogP contribution in [-0.4, -0.2) is 47.0 Å². The van der Waals surface area contributed by atoms with Crippen molar-refractivity contribution in [3.63, 3.8) is 0 Å². The molecular formula is C16H28N4S. The second-order valence-corrected chi connectivity index (χ2v) is 7.46. The van der Waals surface area contributed by atoms with Gasteiger partial charge in [-0.2, -0.15) is 0 Å². The van der Waals surface area contributed by atoms with Gasteiger partial charge >= 0.3 is 0 Å². The number of rotatable bonds is 4. The SMILES string of the molecule is CC(N)c1nc(CN2CCC(N3CCCCC3)CC2)cs1. The Hall–Kier alpha value is -0.490. The highest BCUT2D eigenvalue weighted by Crippen LogP contribution is 2.23. The number of nitrogens with zero attached hydrogens (tertiary/aromatic N) is 3. The van der Waals surface area contributed by atoms with Crippen molar-refractivity contribution in [3.05, 3.63) is 16.1 Å². The third kappa shape index (κ3) is 4.03. The molecule has 0 aliphatic carbocycles. The van der Waals surface area contributed by atoms with E-state index in [0.29, 0.717) is 0 Å². The Labute approximate surface area is 132 Å². The Balaban J connectivity index is 1.46. The van der Waals surface area contributed by atoms with E-state index in [-0.39, 0.29) is 6.04 Å². The zero-order chi connectivity index (χ0) is 14.7. The molecule has 5 heteroatoms. The average Bonchev–Trinajstić information content (AvgIpc) is 2.98. The van der Waals surface area contributed by atoms with E-state index in [1.807, 2.05) is 6.92 Å². The zero-order valence-electron chi connectivity index (χ0n) is 13.1. The molecule has 0 radical (unpaired) electrons. The van der Waals surface area contributed by atoms with Gasteiger partial charge in [0.1, 0.15) is 5.01 Å². The Bertz CT molecular complexity index is 431. The molecule has 2 N–H and O–H groups in total. The number of aromatic nitrogens is 1. The van der Waals surface area contributed by atoms with Crippen LogP contribution < -0.4 is 5.73 Å². The highest BCUT2D eigenvalue weighted by atomic mass is 32.1. The summed E-state index contributed by atoms with van der Waals surface area (Å²) in [5.74, 6) is 0. The topological polar surface area (TPSA) is 45.4 Å². The van der Waals surface area contributed by atoms with E-state index in [2.05, 4.69) is 20.2 Å². The first kappa shape index (κ1) is 15.4. The molecule has 3 heterocycles. The molecule has 2 saturated heterocycles. The van der Waals surface area contributed by atoms with E-state index in [1.54, 1.807) is 11.3 Å². The molecule has 2 aliphatic rings. The lowest BCUT2D eigenvalue weighted by Gasteiger charge is -2.40. The van der Waals surface area contributed by atoms with E-state index in [0.717, 1.165) is 17.6 Å². The molecular weight excluding hydrogens is 280 g/mol. The Kier molecular flexibility index (Phi) is 5.27. The molecule has 21 heavy (non-hydrogen) atoms. The lowest BCUT2D eigenvalue weighted by molar-refractivity contribution is 0.0892. The summed E-state index contributed by atoms with van der Waals surface area (Å²) in [6.45, 7) is 8.09. The van der Waals surface area contributed by atoms with Crippen molar-refractivity contribution in [2.24, 2.45) is 5.73 Å². The third-order valence-electron chi connectivity index (χ3n) is 4.81. The first-order valence-corrected chi connectivity index (χ1v) is 9.26. The van der Waals surface area contributed by atoms with Gasteiger partial charge in [0, 0.05) is 31.1 Å². The van der Waals surface area contributed by atoms with Crippen molar-refractivity contribution in [2.45, 2.75) is 57.7 Å². The van der Waals surface area contributed by atoms with Gasteiger partial charge in [-0.25, -0.2) is 4.98 Å². The predicted octanol–water partition coefficient (Wildman–Crippen LogP) is 2.61. The summed E-state index contributed by atoms with van der Waals surface area (Å²) < 4.78 is 0. The number of hydrogen-bond acceptors (Lipinski definition) is 5.